The zero-order valence-electron chi connectivity index (χ0n) is 9.12. The summed E-state index contributed by atoms with van der Waals surface area (Å²) in [5.74, 6) is 0. The highest BCUT2D eigenvalue weighted by Gasteiger charge is 2.45. The van der Waals surface area contributed by atoms with E-state index in [9.17, 15) is 5.11 Å². The molecule has 1 aliphatic rings. The second-order valence-electron chi connectivity index (χ2n) is 3.35. The standard InChI is InChI=1S/C9H18O6/c1-12-7-6(11)5(4-10)15-9(14-3)8(7)13-2/h5-11H,4H2,1-3H3/t5-,6+,7+,8-,9+/m0/s1. The average Bonchev–Trinajstić information content (AvgIpc) is 2.28. The molecule has 0 radical (unpaired) electrons. The van der Waals surface area contributed by atoms with Crippen LogP contribution in [0, 0.1) is 0 Å². The maximum Gasteiger partial charge on any atom is 0.186 e. The summed E-state index contributed by atoms with van der Waals surface area (Å²) in [5, 5.41) is 18.8. The van der Waals surface area contributed by atoms with Crippen molar-refractivity contribution in [3.05, 3.63) is 0 Å². The first-order valence-corrected chi connectivity index (χ1v) is 4.72. The molecule has 1 fully saturated rings. The third-order valence-corrected chi connectivity index (χ3v) is 2.58. The number of methoxy groups -OCH3 is 3. The number of rotatable bonds is 4. The minimum absolute atomic E-state index is 0.294. The van der Waals surface area contributed by atoms with Gasteiger partial charge in [-0.1, -0.05) is 0 Å². The van der Waals surface area contributed by atoms with Crippen molar-refractivity contribution in [3.8, 4) is 0 Å². The summed E-state index contributed by atoms with van der Waals surface area (Å²) in [6, 6.07) is 0. The first-order chi connectivity index (χ1) is 7.19. The topological polar surface area (TPSA) is 77.4 Å². The maximum atomic E-state index is 9.80. The number of ether oxygens (including phenoxy) is 4. The van der Waals surface area contributed by atoms with E-state index in [-0.39, 0.29) is 6.61 Å². The molecule has 90 valence electrons. The summed E-state index contributed by atoms with van der Waals surface area (Å²) >= 11 is 0. The largest absolute Gasteiger partial charge is 0.394 e. The SMILES string of the molecule is CO[C@@H]1O[C@@H](CO)[C@@H](O)[C@@H](OC)[C@@H]1OC. The van der Waals surface area contributed by atoms with Gasteiger partial charge in [-0.25, -0.2) is 0 Å². The predicted molar refractivity (Wildman–Crippen MR) is 50.4 cm³/mol. The highest BCUT2D eigenvalue weighted by atomic mass is 16.7. The van der Waals surface area contributed by atoms with Gasteiger partial charge in [0.25, 0.3) is 0 Å². The zero-order chi connectivity index (χ0) is 11.4. The fourth-order valence-corrected chi connectivity index (χ4v) is 1.75. The molecule has 0 amide bonds. The second-order valence-corrected chi connectivity index (χ2v) is 3.35. The van der Waals surface area contributed by atoms with E-state index in [4.69, 9.17) is 24.1 Å². The van der Waals surface area contributed by atoms with Crippen LogP contribution in [0.2, 0.25) is 0 Å². The lowest BCUT2D eigenvalue weighted by Gasteiger charge is -2.42. The first-order valence-electron chi connectivity index (χ1n) is 4.72. The van der Waals surface area contributed by atoms with Crippen LogP contribution in [0.1, 0.15) is 0 Å². The fraction of sp³-hybridized carbons (Fsp3) is 1.00. The summed E-state index contributed by atoms with van der Waals surface area (Å²) in [6.07, 6.45) is -3.40. The van der Waals surface area contributed by atoms with Crippen molar-refractivity contribution in [1.29, 1.82) is 0 Å². The molecular formula is C9H18O6. The highest BCUT2D eigenvalue weighted by molar-refractivity contribution is 4.90. The maximum absolute atomic E-state index is 9.80. The number of hydrogen-bond acceptors (Lipinski definition) is 6. The van der Waals surface area contributed by atoms with Crippen LogP contribution in [0.4, 0.5) is 0 Å². The lowest BCUT2D eigenvalue weighted by atomic mass is 9.99. The Hall–Kier alpha value is -0.240. The molecule has 5 atom stereocenters. The molecule has 6 heteroatoms. The molecule has 1 rings (SSSR count). The van der Waals surface area contributed by atoms with E-state index in [0.717, 1.165) is 0 Å². The molecular weight excluding hydrogens is 204 g/mol. The van der Waals surface area contributed by atoms with Crippen LogP contribution in [-0.2, 0) is 18.9 Å². The molecule has 1 aliphatic heterocycles. The lowest BCUT2D eigenvalue weighted by Crippen LogP contribution is -2.60. The van der Waals surface area contributed by atoms with Gasteiger partial charge < -0.3 is 29.2 Å². The highest BCUT2D eigenvalue weighted by Crippen LogP contribution is 2.25. The Balaban J connectivity index is 2.78. The zero-order valence-corrected chi connectivity index (χ0v) is 9.12. The van der Waals surface area contributed by atoms with Gasteiger partial charge in [0.05, 0.1) is 6.61 Å². The molecule has 0 aromatic heterocycles. The molecule has 0 bridgehead atoms. The van der Waals surface area contributed by atoms with Gasteiger partial charge in [-0.2, -0.15) is 0 Å². The summed E-state index contributed by atoms with van der Waals surface area (Å²) in [5.41, 5.74) is 0. The fourth-order valence-electron chi connectivity index (χ4n) is 1.75. The Labute approximate surface area is 88.7 Å². The van der Waals surface area contributed by atoms with Crippen LogP contribution >= 0.6 is 0 Å². The van der Waals surface area contributed by atoms with Crippen LogP contribution in [0.5, 0.6) is 0 Å². The van der Waals surface area contributed by atoms with Crippen molar-refractivity contribution in [3.63, 3.8) is 0 Å². The van der Waals surface area contributed by atoms with Gasteiger partial charge in [-0.15, -0.1) is 0 Å². The molecule has 6 nitrogen and oxygen atoms in total. The summed E-state index contributed by atoms with van der Waals surface area (Å²) in [4.78, 5) is 0. The third kappa shape index (κ3) is 2.47. The van der Waals surface area contributed by atoms with Gasteiger partial charge in [0.1, 0.15) is 24.4 Å². The number of aliphatic hydroxyl groups is 2. The Kier molecular flexibility index (Phi) is 4.91. The Morgan fingerprint density at radius 1 is 1.07 bits per heavy atom. The third-order valence-electron chi connectivity index (χ3n) is 2.58. The second kappa shape index (κ2) is 5.74. The Morgan fingerprint density at radius 3 is 2.07 bits per heavy atom. The monoisotopic (exact) mass is 222 g/mol. The van der Waals surface area contributed by atoms with Gasteiger partial charge in [-0.3, -0.25) is 0 Å². The summed E-state index contributed by atoms with van der Waals surface area (Å²) in [7, 11) is 4.42. The molecule has 2 N–H and O–H groups in total. The summed E-state index contributed by atoms with van der Waals surface area (Å²) in [6.45, 7) is -0.294. The van der Waals surface area contributed by atoms with Crippen LogP contribution < -0.4 is 0 Å². The number of hydrogen-bond donors (Lipinski definition) is 2. The summed E-state index contributed by atoms with van der Waals surface area (Å²) < 4.78 is 20.6. The molecule has 0 unspecified atom stereocenters. The van der Waals surface area contributed by atoms with Crippen molar-refractivity contribution in [1.82, 2.24) is 0 Å². The van der Waals surface area contributed by atoms with Gasteiger partial charge in [-0.05, 0) is 0 Å². The Morgan fingerprint density at radius 2 is 1.67 bits per heavy atom. The van der Waals surface area contributed by atoms with E-state index < -0.39 is 30.7 Å². The lowest BCUT2D eigenvalue weighted by molar-refractivity contribution is -0.303. The van der Waals surface area contributed by atoms with Crippen molar-refractivity contribution in [2.45, 2.75) is 30.7 Å². The smallest absolute Gasteiger partial charge is 0.186 e. The van der Waals surface area contributed by atoms with Gasteiger partial charge >= 0.3 is 0 Å². The van der Waals surface area contributed by atoms with Crippen molar-refractivity contribution >= 4 is 0 Å². The number of aliphatic hydroxyl groups excluding tert-OH is 2. The molecule has 0 spiro atoms. The molecule has 0 saturated carbocycles. The van der Waals surface area contributed by atoms with Crippen molar-refractivity contribution in [2.75, 3.05) is 27.9 Å². The Bertz CT molecular complexity index is 187. The van der Waals surface area contributed by atoms with E-state index in [1.807, 2.05) is 0 Å². The van der Waals surface area contributed by atoms with Crippen LogP contribution in [0.15, 0.2) is 0 Å². The van der Waals surface area contributed by atoms with Crippen molar-refractivity contribution < 1.29 is 29.2 Å². The van der Waals surface area contributed by atoms with E-state index in [0.29, 0.717) is 0 Å². The van der Waals surface area contributed by atoms with Gasteiger partial charge in [0.2, 0.25) is 0 Å². The van der Waals surface area contributed by atoms with E-state index >= 15 is 0 Å². The molecule has 0 aliphatic carbocycles. The molecule has 15 heavy (non-hydrogen) atoms. The normalized spacial score (nSPS) is 41.8. The molecule has 1 saturated heterocycles. The van der Waals surface area contributed by atoms with Crippen LogP contribution in [0.25, 0.3) is 0 Å². The minimum Gasteiger partial charge on any atom is -0.394 e. The van der Waals surface area contributed by atoms with Gasteiger partial charge in [0, 0.05) is 21.3 Å². The average molecular weight is 222 g/mol. The van der Waals surface area contributed by atoms with E-state index in [1.54, 1.807) is 0 Å². The van der Waals surface area contributed by atoms with E-state index in [2.05, 4.69) is 0 Å². The predicted octanol–water partition coefficient (Wildman–Crippen LogP) is -1.26. The van der Waals surface area contributed by atoms with E-state index in [1.165, 1.54) is 21.3 Å². The van der Waals surface area contributed by atoms with Crippen LogP contribution in [-0.4, -0.2) is 68.9 Å². The first kappa shape index (κ1) is 12.8. The molecule has 1 heterocycles. The minimum atomic E-state index is -0.934. The quantitative estimate of drug-likeness (QED) is 0.618. The van der Waals surface area contributed by atoms with Crippen molar-refractivity contribution in [2.24, 2.45) is 0 Å². The molecule has 0 aromatic carbocycles. The van der Waals surface area contributed by atoms with Gasteiger partial charge in [0.15, 0.2) is 6.29 Å². The van der Waals surface area contributed by atoms with Crippen LogP contribution in [0.3, 0.4) is 0 Å². The molecule has 0 aromatic rings.